The fourth-order valence-corrected chi connectivity index (χ4v) is 3.17. The molecule has 0 aliphatic carbocycles. The lowest BCUT2D eigenvalue weighted by molar-refractivity contribution is -0.0597. The van der Waals surface area contributed by atoms with Crippen molar-refractivity contribution < 1.29 is 14.3 Å². The minimum atomic E-state index is -1.78. The zero-order valence-corrected chi connectivity index (χ0v) is 14.3. The number of aliphatic hydroxyl groups excluding tert-OH is 1. The number of ether oxygens (including phenoxy) is 1. The van der Waals surface area contributed by atoms with Crippen LogP contribution in [-0.4, -0.2) is 37.8 Å². The van der Waals surface area contributed by atoms with E-state index in [0.717, 1.165) is 6.42 Å². The summed E-state index contributed by atoms with van der Waals surface area (Å²) in [5.41, 5.74) is -0.289. The van der Waals surface area contributed by atoms with Gasteiger partial charge in [0.2, 0.25) is 0 Å². The van der Waals surface area contributed by atoms with Crippen molar-refractivity contribution in [2.24, 2.45) is 0 Å². The van der Waals surface area contributed by atoms with E-state index in [-0.39, 0.29) is 16.7 Å². The molecule has 19 heavy (non-hydrogen) atoms. The molecule has 3 nitrogen and oxygen atoms in total. The molecule has 0 radical (unpaired) electrons. The molecule has 1 fully saturated rings. The van der Waals surface area contributed by atoms with Crippen molar-refractivity contribution >= 4 is 8.32 Å². The summed E-state index contributed by atoms with van der Waals surface area (Å²) in [5, 5.41) is 10.3. The van der Waals surface area contributed by atoms with Gasteiger partial charge in [-0.2, -0.15) is 0 Å². The fourth-order valence-electron chi connectivity index (χ4n) is 2.15. The average Bonchev–Trinajstić information content (AvgIpc) is 2.50. The van der Waals surface area contributed by atoms with E-state index < -0.39 is 14.4 Å². The molecule has 1 aliphatic rings. The number of rotatable bonds is 5. The van der Waals surface area contributed by atoms with Crippen molar-refractivity contribution in [2.45, 2.75) is 76.5 Å². The third kappa shape index (κ3) is 4.15. The second-order valence-corrected chi connectivity index (χ2v) is 12.3. The topological polar surface area (TPSA) is 38.7 Å². The molecule has 0 bridgehead atoms. The van der Waals surface area contributed by atoms with E-state index in [2.05, 4.69) is 40.4 Å². The molecule has 1 rings (SSSR count). The number of hydrogen-bond donors (Lipinski definition) is 1. The molecule has 0 saturated carbocycles. The molecule has 0 aromatic carbocycles. The van der Waals surface area contributed by atoms with Gasteiger partial charge < -0.3 is 14.3 Å². The van der Waals surface area contributed by atoms with Crippen LogP contribution >= 0.6 is 0 Å². The van der Waals surface area contributed by atoms with Crippen LogP contribution in [0, 0.1) is 0 Å². The zero-order chi connectivity index (χ0) is 14.9. The van der Waals surface area contributed by atoms with Gasteiger partial charge >= 0.3 is 0 Å². The van der Waals surface area contributed by atoms with E-state index in [9.17, 15) is 5.11 Å². The Morgan fingerprint density at radius 2 is 2.05 bits per heavy atom. The summed E-state index contributed by atoms with van der Waals surface area (Å²) in [6, 6.07) is 0. The predicted octanol–water partition coefficient (Wildman–Crippen LogP) is 3.49. The third-order valence-electron chi connectivity index (χ3n) is 4.50. The van der Waals surface area contributed by atoms with E-state index in [1.807, 2.05) is 13.0 Å². The van der Waals surface area contributed by atoms with Gasteiger partial charge in [-0.25, -0.2) is 0 Å². The minimum absolute atomic E-state index is 0.182. The summed E-state index contributed by atoms with van der Waals surface area (Å²) in [5.74, 6) is 0. The molecule has 1 aliphatic heterocycles. The van der Waals surface area contributed by atoms with Crippen LogP contribution in [0.15, 0.2) is 12.7 Å². The molecule has 112 valence electrons. The van der Waals surface area contributed by atoms with Gasteiger partial charge in [-0.05, 0) is 31.5 Å². The lowest BCUT2D eigenvalue weighted by Crippen LogP contribution is -2.44. The van der Waals surface area contributed by atoms with Crippen LogP contribution in [0.5, 0.6) is 0 Å². The van der Waals surface area contributed by atoms with Crippen LogP contribution < -0.4 is 0 Å². The summed E-state index contributed by atoms with van der Waals surface area (Å²) >= 11 is 0. The average molecular weight is 286 g/mol. The first-order valence-electron chi connectivity index (χ1n) is 7.11. The van der Waals surface area contributed by atoms with Gasteiger partial charge in [-0.15, -0.1) is 6.58 Å². The second-order valence-electron chi connectivity index (χ2n) is 7.44. The van der Waals surface area contributed by atoms with E-state index >= 15 is 0 Å². The van der Waals surface area contributed by atoms with Crippen LogP contribution in [0.2, 0.25) is 18.1 Å². The standard InChI is InChI=1S/C15H30O3Si/c1-8-9-15(5)10-12(16)13(18-15)11-17-19(6,7)14(2,3)4/h8,12-13,16H,1,9-11H2,2-7H3/t12-,13-,15+/m0/s1. The normalized spacial score (nSPS) is 32.6. The van der Waals surface area contributed by atoms with Crippen LogP contribution in [0.1, 0.15) is 40.5 Å². The van der Waals surface area contributed by atoms with Crippen molar-refractivity contribution in [2.75, 3.05) is 6.61 Å². The largest absolute Gasteiger partial charge is 0.414 e. The zero-order valence-electron chi connectivity index (χ0n) is 13.3. The highest BCUT2D eigenvalue weighted by Crippen LogP contribution is 2.38. The summed E-state index contributed by atoms with van der Waals surface area (Å²) in [4.78, 5) is 0. The Kier molecular flexibility index (Phi) is 5.05. The van der Waals surface area contributed by atoms with Crippen molar-refractivity contribution in [1.29, 1.82) is 0 Å². The quantitative estimate of drug-likeness (QED) is 0.621. The first kappa shape index (κ1) is 16.9. The molecule has 1 saturated heterocycles. The summed E-state index contributed by atoms with van der Waals surface area (Å²) in [6.07, 6.45) is 2.63. The number of aliphatic hydroxyl groups is 1. The van der Waals surface area contributed by atoms with Gasteiger partial charge in [0.15, 0.2) is 8.32 Å². The molecule has 1 heterocycles. The minimum Gasteiger partial charge on any atom is -0.414 e. The molecule has 4 heteroatoms. The molecule has 0 spiro atoms. The van der Waals surface area contributed by atoms with E-state index in [1.165, 1.54) is 0 Å². The first-order chi connectivity index (χ1) is 8.51. The molecule has 0 aromatic rings. The maximum Gasteiger partial charge on any atom is 0.192 e. The Hall–Kier alpha value is -0.163. The second kappa shape index (κ2) is 5.68. The molecular formula is C15H30O3Si. The third-order valence-corrected chi connectivity index (χ3v) is 9.00. The smallest absolute Gasteiger partial charge is 0.192 e. The van der Waals surface area contributed by atoms with Crippen LogP contribution in [0.25, 0.3) is 0 Å². The van der Waals surface area contributed by atoms with Crippen molar-refractivity contribution in [3.8, 4) is 0 Å². The fraction of sp³-hybridized carbons (Fsp3) is 0.867. The van der Waals surface area contributed by atoms with Crippen molar-refractivity contribution in [3.05, 3.63) is 12.7 Å². The molecule has 3 atom stereocenters. The van der Waals surface area contributed by atoms with Crippen LogP contribution in [0.3, 0.4) is 0 Å². The Morgan fingerprint density at radius 1 is 1.47 bits per heavy atom. The lowest BCUT2D eigenvalue weighted by Gasteiger charge is -2.37. The molecule has 0 unspecified atom stereocenters. The lowest BCUT2D eigenvalue weighted by atomic mass is 9.97. The Morgan fingerprint density at radius 3 is 2.53 bits per heavy atom. The Bertz CT molecular complexity index is 322. The molecule has 1 N–H and O–H groups in total. The first-order valence-corrected chi connectivity index (χ1v) is 10.0. The van der Waals surface area contributed by atoms with Gasteiger partial charge in [0.05, 0.1) is 18.3 Å². The summed E-state index contributed by atoms with van der Waals surface area (Å²) < 4.78 is 12.1. The molecular weight excluding hydrogens is 256 g/mol. The van der Waals surface area contributed by atoms with Gasteiger partial charge in [0.25, 0.3) is 0 Å². The Labute approximate surface area is 119 Å². The van der Waals surface area contributed by atoms with E-state index in [0.29, 0.717) is 13.0 Å². The van der Waals surface area contributed by atoms with Gasteiger partial charge in [0.1, 0.15) is 6.10 Å². The van der Waals surface area contributed by atoms with Gasteiger partial charge in [-0.3, -0.25) is 0 Å². The van der Waals surface area contributed by atoms with E-state index in [4.69, 9.17) is 9.16 Å². The van der Waals surface area contributed by atoms with Crippen LogP contribution in [0.4, 0.5) is 0 Å². The maximum atomic E-state index is 10.1. The molecule has 0 aromatic heterocycles. The highest BCUT2D eigenvalue weighted by molar-refractivity contribution is 6.74. The highest BCUT2D eigenvalue weighted by atomic mass is 28.4. The predicted molar refractivity (Wildman–Crippen MR) is 81.9 cm³/mol. The van der Waals surface area contributed by atoms with Crippen LogP contribution in [-0.2, 0) is 9.16 Å². The number of hydrogen-bond acceptors (Lipinski definition) is 3. The monoisotopic (exact) mass is 286 g/mol. The Balaban J connectivity index is 2.58. The summed E-state index contributed by atoms with van der Waals surface area (Å²) in [7, 11) is -1.78. The maximum absolute atomic E-state index is 10.1. The SMILES string of the molecule is C=CC[C@]1(C)C[C@H](O)[C@H](CO[Si](C)(C)C(C)(C)C)O1. The van der Waals surface area contributed by atoms with Crippen molar-refractivity contribution in [1.82, 2.24) is 0 Å². The van der Waals surface area contributed by atoms with E-state index in [1.54, 1.807) is 0 Å². The van der Waals surface area contributed by atoms with Gasteiger partial charge in [-0.1, -0.05) is 26.8 Å². The summed E-state index contributed by atoms with van der Waals surface area (Å²) in [6.45, 7) is 17.4. The highest BCUT2D eigenvalue weighted by Gasteiger charge is 2.44. The van der Waals surface area contributed by atoms with Crippen molar-refractivity contribution in [3.63, 3.8) is 0 Å². The van der Waals surface area contributed by atoms with Gasteiger partial charge in [0, 0.05) is 6.42 Å². The molecule has 0 amide bonds.